The predicted octanol–water partition coefficient (Wildman–Crippen LogP) is -2.54. The Kier molecular flexibility index (Phi) is 7.12. The molecule has 0 amide bonds. The summed E-state index contributed by atoms with van der Waals surface area (Å²) in [6.45, 7) is 1.44. The topological polar surface area (TPSA) is 148 Å². The number of aliphatic hydroxyl groups is 6. The lowest BCUT2D eigenvalue weighted by atomic mass is 9.84. The first-order valence-corrected chi connectivity index (χ1v) is 5.57. The summed E-state index contributed by atoms with van der Waals surface area (Å²) in [5, 5.41) is 54.4. The largest absolute Gasteiger partial charge is 0.451 e. The van der Waals surface area contributed by atoms with Gasteiger partial charge >= 0.3 is 11.9 Å². The first kappa shape index (κ1) is 18.0. The zero-order valence-corrected chi connectivity index (χ0v) is 10.4. The summed E-state index contributed by atoms with van der Waals surface area (Å²) in [5.41, 5.74) is -1.27. The lowest BCUT2D eigenvalue weighted by Crippen LogP contribution is -2.46. The van der Waals surface area contributed by atoms with Gasteiger partial charge < -0.3 is 35.4 Å². The van der Waals surface area contributed by atoms with Crippen molar-refractivity contribution in [2.24, 2.45) is 5.41 Å². The minimum absolute atomic E-state index is 0.116. The van der Waals surface area contributed by atoms with Crippen LogP contribution in [0.3, 0.4) is 0 Å². The standard InChI is InChI=1S/C11H20O8/c1-2-9(15)19-8(11(16,17)18)3-4-10(5-12,6-13)7-14/h2,8,12-14,16-18H,1,3-7H2. The summed E-state index contributed by atoms with van der Waals surface area (Å²) < 4.78 is 4.54. The van der Waals surface area contributed by atoms with Crippen LogP contribution in [-0.4, -0.2) is 68.5 Å². The number of aliphatic hydroxyl groups excluding tert-OH is 3. The van der Waals surface area contributed by atoms with Crippen LogP contribution in [0.2, 0.25) is 0 Å². The molecule has 0 rings (SSSR count). The first-order valence-electron chi connectivity index (χ1n) is 5.57. The van der Waals surface area contributed by atoms with Crippen LogP contribution in [0.1, 0.15) is 12.8 Å². The van der Waals surface area contributed by atoms with Gasteiger partial charge in [0.25, 0.3) is 0 Å². The highest BCUT2D eigenvalue weighted by molar-refractivity contribution is 5.81. The van der Waals surface area contributed by atoms with Gasteiger partial charge in [-0.15, -0.1) is 0 Å². The van der Waals surface area contributed by atoms with Crippen molar-refractivity contribution >= 4 is 5.97 Å². The van der Waals surface area contributed by atoms with Gasteiger partial charge in [-0.2, -0.15) is 0 Å². The van der Waals surface area contributed by atoms with Crippen LogP contribution >= 0.6 is 0 Å². The molecule has 0 aromatic carbocycles. The van der Waals surface area contributed by atoms with Gasteiger partial charge in [0.05, 0.1) is 19.8 Å². The van der Waals surface area contributed by atoms with Crippen molar-refractivity contribution in [3.8, 4) is 0 Å². The Hall–Kier alpha value is -1.03. The lowest BCUT2D eigenvalue weighted by Gasteiger charge is -2.31. The van der Waals surface area contributed by atoms with Gasteiger partial charge in [0.1, 0.15) is 0 Å². The minimum atomic E-state index is -3.27. The van der Waals surface area contributed by atoms with Gasteiger partial charge in [-0.1, -0.05) is 6.58 Å². The smallest absolute Gasteiger partial charge is 0.330 e. The van der Waals surface area contributed by atoms with E-state index in [9.17, 15) is 4.79 Å². The number of carbonyl (C=O) groups is 1. The fourth-order valence-corrected chi connectivity index (χ4v) is 1.34. The van der Waals surface area contributed by atoms with Crippen molar-refractivity contribution in [3.63, 3.8) is 0 Å². The molecule has 0 saturated carbocycles. The van der Waals surface area contributed by atoms with Crippen molar-refractivity contribution in [1.82, 2.24) is 0 Å². The summed E-state index contributed by atoms with van der Waals surface area (Å²) in [4.78, 5) is 11.0. The molecule has 8 heteroatoms. The Morgan fingerprint density at radius 1 is 1.16 bits per heavy atom. The van der Waals surface area contributed by atoms with Gasteiger partial charge in [0, 0.05) is 11.5 Å². The van der Waals surface area contributed by atoms with Gasteiger partial charge in [0.2, 0.25) is 0 Å². The maximum Gasteiger partial charge on any atom is 0.330 e. The molecule has 0 saturated heterocycles. The normalized spacial score (nSPS) is 14.0. The highest BCUT2D eigenvalue weighted by Gasteiger charge is 2.38. The van der Waals surface area contributed by atoms with Crippen molar-refractivity contribution in [3.05, 3.63) is 12.7 Å². The third-order valence-corrected chi connectivity index (χ3v) is 2.80. The van der Waals surface area contributed by atoms with E-state index in [-0.39, 0.29) is 12.8 Å². The van der Waals surface area contributed by atoms with E-state index in [2.05, 4.69) is 11.3 Å². The molecular weight excluding hydrogens is 260 g/mol. The van der Waals surface area contributed by atoms with Crippen molar-refractivity contribution in [2.45, 2.75) is 24.9 Å². The first-order chi connectivity index (χ1) is 8.74. The maximum absolute atomic E-state index is 11.0. The Morgan fingerprint density at radius 3 is 1.95 bits per heavy atom. The molecule has 1 unspecified atom stereocenters. The van der Waals surface area contributed by atoms with Crippen LogP contribution in [-0.2, 0) is 9.53 Å². The van der Waals surface area contributed by atoms with Crippen LogP contribution in [0, 0.1) is 5.41 Å². The average Bonchev–Trinajstić information content (AvgIpc) is 2.37. The summed E-state index contributed by atoms with van der Waals surface area (Å²) in [7, 11) is 0. The van der Waals surface area contributed by atoms with Gasteiger partial charge in [-0.25, -0.2) is 4.79 Å². The summed E-state index contributed by atoms with van der Waals surface area (Å²) in [5.74, 6) is -4.25. The molecule has 112 valence electrons. The number of ether oxygens (including phenoxy) is 1. The van der Waals surface area contributed by atoms with E-state index in [4.69, 9.17) is 30.6 Å². The quantitative estimate of drug-likeness (QED) is 0.154. The molecule has 0 aliphatic rings. The van der Waals surface area contributed by atoms with Gasteiger partial charge in [-0.3, -0.25) is 0 Å². The molecule has 6 N–H and O–H groups in total. The second kappa shape index (κ2) is 7.53. The molecule has 8 nitrogen and oxygen atoms in total. The second-order valence-electron chi connectivity index (χ2n) is 4.33. The molecule has 19 heavy (non-hydrogen) atoms. The number of hydrogen-bond acceptors (Lipinski definition) is 8. The molecule has 0 aromatic rings. The molecule has 0 aliphatic heterocycles. The molecule has 0 radical (unpaired) electrons. The monoisotopic (exact) mass is 280 g/mol. The zero-order valence-electron chi connectivity index (χ0n) is 10.4. The third kappa shape index (κ3) is 5.64. The van der Waals surface area contributed by atoms with E-state index in [1.807, 2.05) is 0 Å². The number of esters is 1. The van der Waals surface area contributed by atoms with Crippen LogP contribution in [0.15, 0.2) is 12.7 Å². The van der Waals surface area contributed by atoms with E-state index in [0.29, 0.717) is 0 Å². The van der Waals surface area contributed by atoms with Crippen molar-refractivity contribution in [2.75, 3.05) is 19.8 Å². The second-order valence-corrected chi connectivity index (χ2v) is 4.33. The van der Waals surface area contributed by atoms with E-state index in [1.165, 1.54) is 0 Å². The van der Waals surface area contributed by atoms with Crippen LogP contribution in [0.5, 0.6) is 0 Å². The van der Waals surface area contributed by atoms with E-state index in [0.717, 1.165) is 6.08 Å². The highest BCUT2D eigenvalue weighted by atomic mass is 16.7. The van der Waals surface area contributed by atoms with Crippen LogP contribution in [0.4, 0.5) is 0 Å². The fourth-order valence-electron chi connectivity index (χ4n) is 1.34. The Labute approximate surface area is 110 Å². The fraction of sp³-hybridized carbons (Fsp3) is 0.727. The molecule has 0 heterocycles. The van der Waals surface area contributed by atoms with E-state index < -0.39 is 43.3 Å². The Balaban J connectivity index is 4.74. The molecule has 0 fully saturated rings. The Bertz CT molecular complexity index is 283. The lowest BCUT2D eigenvalue weighted by molar-refractivity contribution is -0.356. The van der Waals surface area contributed by atoms with Gasteiger partial charge in [0.15, 0.2) is 6.10 Å². The van der Waals surface area contributed by atoms with Crippen molar-refractivity contribution in [1.29, 1.82) is 0 Å². The molecule has 0 spiro atoms. The maximum atomic E-state index is 11.0. The minimum Gasteiger partial charge on any atom is -0.451 e. The SMILES string of the molecule is C=CC(=O)OC(CCC(CO)(CO)CO)C(O)(O)O. The molecule has 0 aromatic heterocycles. The number of hydrogen-bond donors (Lipinski definition) is 6. The number of rotatable bonds is 9. The number of carbonyl (C=O) groups excluding carboxylic acids is 1. The summed E-state index contributed by atoms with van der Waals surface area (Å²) >= 11 is 0. The van der Waals surface area contributed by atoms with Crippen LogP contribution < -0.4 is 0 Å². The molecular formula is C11H20O8. The Morgan fingerprint density at radius 2 is 1.63 bits per heavy atom. The average molecular weight is 280 g/mol. The summed E-state index contributed by atoms with van der Waals surface area (Å²) in [6, 6.07) is 0. The highest BCUT2D eigenvalue weighted by Crippen LogP contribution is 2.26. The molecule has 0 aliphatic carbocycles. The van der Waals surface area contributed by atoms with E-state index in [1.54, 1.807) is 0 Å². The summed E-state index contributed by atoms with van der Waals surface area (Å²) in [6.07, 6.45) is -1.35. The third-order valence-electron chi connectivity index (χ3n) is 2.80. The van der Waals surface area contributed by atoms with Crippen molar-refractivity contribution < 1.29 is 40.2 Å². The van der Waals surface area contributed by atoms with Crippen LogP contribution in [0.25, 0.3) is 0 Å². The predicted molar refractivity (Wildman–Crippen MR) is 62.4 cm³/mol. The van der Waals surface area contributed by atoms with Gasteiger partial charge in [-0.05, 0) is 12.8 Å². The van der Waals surface area contributed by atoms with E-state index >= 15 is 0 Å². The molecule has 1 atom stereocenters. The zero-order chi connectivity index (χ0) is 15.1. The molecule has 0 bridgehead atoms.